The Hall–Kier alpha value is -3.35. The maximum Gasteiger partial charge on any atom is 0.224 e. The zero-order valence-electron chi connectivity index (χ0n) is 13.1. The molecule has 2 aromatic rings. The third-order valence-electron chi connectivity index (χ3n) is 3.12. The fourth-order valence-electron chi connectivity index (χ4n) is 2.03. The molecule has 0 fully saturated rings. The van der Waals surface area contributed by atoms with Crippen LogP contribution in [0.3, 0.4) is 0 Å². The molecule has 0 saturated heterocycles. The molecular formula is C17H20N6O. The molecule has 2 rings (SSSR count). The lowest BCUT2D eigenvalue weighted by Gasteiger charge is -2.06. The molecule has 1 amide bonds. The van der Waals surface area contributed by atoms with Crippen LogP contribution in [0.15, 0.2) is 64.6 Å². The zero-order chi connectivity index (χ0) is 17.4. The normalized spacial score (nSPS) is 10.9. The van der Waals surface area contributed by atoms with Crippen LogP contribution >= 0.6 is 0 Å². The molecule has 0 radical (unpaired) electrons. The molecule has 124 valence electrons. The summed E-state index contributed by atoms with van der Waals surface area (Å²) in [5, 5.41) is 2.84. The quantitative estimate of drug-likeness (QED) is 0.490. The highest BCUT2D eigenvalue weighted by atomic mass is 16.1. The van der Waals surface area contributed by atoms with Gasteiger partial charge in [-0.15, -0.1) is 0 Å². The number of carbonyl (C=O) groups excluding carboxylic acids is 1. The van der Waals surface area contributed by atoms with Crippen LogP contribution in [0.4, 0.5) is 11.4 Å². The minimum Gasteiger partial charge on any atom is -0.370 e. The SMILES string of the molecule is NC(N)=NC(N)=Nc1ccc(NC(=O)CCc2ccccc2)cc1. The summed E-state index contributed by atoms with van der Waals surface area (Å²) in [6.07, 6.45) is 1.12. The van der Waals surface area contributed by atoms with Crippen molar-refractivity contribution in [3.63, 3.8) is 0 Å². The number of hydrogen-bond acceptors (Lipinski definition) is 2. The van der Waals surface area contributed by atoms with Gasteiger partial charge in [0.1, 0.15) is 0 Å². The first-order valence-corrected chi connectivity index (χ1v) is 7.40. The van der Waals surface area contributed by atoms with Crippen LogP contribution in [0.2, 0.25) is 0 Å². The van der Waals surface area contributed by atoms with E-state index in [0.717, 1.165) is 5.56 Å². The summed E-state index contributed by atoms with van der Waals surface area (Å²) in [6, 6.07) is 16.8. The lowest BCUT2D eigenvalue weighted by atomic mass is 10.1. The lowest BCUT2D eigenvalue weighted by Crippen LogP contribution is -2.26. The molecule has 0 heterocycles. The molecular weight excluding hydrogens is 304 g/mol. The molecule has 0 spiro atoms. The van der Waals surface area contributed by atoms with Crippen molar-refractivity contribution in [1.82, 2.24) is 0 Å². The standard InChI is InChI=1S/C17H20N6O/c18-16(19)23-17(20)22-14-9-7-13(8-10-14)21-15(24)11-6-12-4-2-1-3-5-12/h1-5,7-10H,6,11H2,(H,21,24)(H6,18,19,20,22,23). The molecule has 24 heavy (non-hydrogen) atoms. The molecule has 0 aliphatic carbocycles. The molecule has 0 unspecified atom stereocenters. The summed E-state index contributed by atoms with van der Waals surface area (Å²) in [6.45, 7) is 0. The van der Waals surface area contributed by atoms with Crippen molar-refractivity contribution in [2.45, 2.75) is 12.8 Å². The van der Waals surface area contributed by atoms with E-state index in [2.05, 4.69) is 15.3 Å². The summed E-state index contributed by atoms with van der Waals surface area (Å²) in [5.41, 5.74) is 18.4. The first-order valence-electron chi connectivity index (χ1n) is 7.40. The second-order valence-corrected chi connectivity index (χ2v) is 5.09. The van der Waals surface area contributed by atoms with E-state index in [1.54, 1.807) is 24.3 Å². The molecule has 0 saturated carbocycles. The van der Waals surface area contributed by atoms with E-state index >= 15 is 0 Å². The highest BCUT2D eigenvalue weighted by Gasteiger charge is 2.03. The molecule has 7 N–H and O–H groups in total. The van der Waals surface area contributed by atoms with Crippen LogP contribution in [-0.2, 0) is 11.2 Å². The maximum atomic E-state index is 12.0. The molecule has 7 heteroatoms. The first kappa shape index (κ1) is 17.0. The number of nitrogens with zero attached hydrogens (tertiary/aromatic N) is 2. The largest absolute Gasteiger partial charge is 0.370 e. The first-order chi connectivity index (χ1) is 11.5. The molecule has 0 aromatic heterocycles. The Labute approximate surface area is 140 Å². The van der Waals surface area contributed by atoms with Crippen LogP contribution in [0.25, 0.3) is 0 Å². The summed E-state index contributed by atoms with van der Waals surface area (Å²) in [5.74, 6) is -0.233. The van der Waals surface area contributed by atoms with Crippen LogP contribution in [0.5, 0.6) is 0 Å². The number of nitrogens with two attached hydrogens (primary N) is 3. The van der Waals surface area contributed by atoms with Crippen molar-refractivity contribution < 1.29 is 4.79 Å². The Kier molecular flexibility index (Phi) is 5.90. The summed E-state index contributed by atoms with van der Waals surface area (Å²) < 4.78 is 0. The van der Waals surface area contributed by atoms with E-state index in [0.29, 0.717) is 24.2 Å². The molecule has 0 bridgehead atoms. The monoisotopic (exact) mass is 324 g/mol. The average Bonchev–Trinajstić information content (AvgIpc) is 2.55. The molecule has 2 aromatic carbocycles. The number of anilines is 1. The molecule has 0 atom stereocenters. The van der Waals surface area contributed by atoms with Crippen molar-refractivity contribution in [3.8, 4) is 0 Å². The van der Waals surface area contributed by atoms with Crippen molar-refractivity contribution >= 4 is 29.2 Å². The summed E-state index contributed by atoms with van der Waals surface area (Å²) in [4.78, 5) is 19.6. The Morgan fingerprint density at radius 3 is 2.25 bits per heavy atom. The van der Waals surface area contributed by atoms with Gasteiger partial charge in [-0.25, -0.2) is 4.99 Å². The summed E-state index contributed by atoms with van der Waals surface area (Å²) in [7, 11) is 0. The van der Waals surface area contributed by atoms with Crippen molar-refractivity contribution in [2.75, 3.05) is 5.32 Å². The van der Waals surface area contributed by atoms with Crippen molar-refractivity contribution in [1.29, 1.82) is 0 Å². The third kappa shape index (κ3) is 5.80. The predicted molar refractivity (Wildman–Crippen MR) is 96.9 cm³/mol. The van der Waals surface area contributed by atoms with Gasteiger partial charge in [-0.3, -0.25) is 4.79 Å². The number of nitrogens with one attached hydrogen (secondary N) is 1. The zero-order valence-corrected chi connectivity index (χ0v) is 13.1. The Morgan fingerprint density at radius 2 is 1.62 bits per heavy atom. The third-order valence-corrected chi connectivity index (χ3v) is 3.12. The molecule has 0 aliphatic heterocycles. The number of amides is 1. The van der Waals surface area contributed by atoms with Gasteiger partial charge in [0.05, 0.1) is 5.69 Å². The van der Waals surface area contributed by atoms with Crippen molar-refractivity contribution in [3.05, 3.63) is 60.2 Å². The van der Waals surface area contributed by atoms with Crippen LogP contribution in [-0.4, -0.2) is 17.8 Å². The molecule has 0 aliphatic rings. The number of guanidine groups is 2. The number of rotatable bonds is 5. The van der Waals surface area contributed by atoms with Gasteiger partial charge in [0.2, 0.25) is 11.9 Å². The fraction of sp³-hybridized carbons (Fsp3) is 0.118. The van der Waals surface area contributed by atoms with Crippen LogP contribution in [0.1, 0.15) is 12.0 Å². The van der Waals surface area contributed by atoms with E-state index in [1.165, 1.54) is 0 Å². The van der Waals surface area contributed by atoms with Gasteiger partial charge in [-0.2, -0.15) is 4.99 Å². The van der Waals surface area contributed by atoms with E-state index in [9.17, 15) is 4.79 Å². The van der Waals surface area contributed by atoms with Crippen molar-refractivity contribution in [2.24, 2.45) is 27.2 Å². The topological polar surface area (TPSA) is 132 Å². The second-order valence-electron chi connectivity index (χ2n) is 5.09. The van der Waals surface area contributed by atoms with Crippen LogP contribution < -0.4 is 22.5 Å². The number of carbonyl (C=O) groups is 1. The summed E-state index contributed by atoms with van der Waals surface area (Å²) >= 11 is 0. The fourth-order valence-corrected chi connectivity index (χ4v) is 2.03. The molecule has 7 nitrogen and oxygen atoms in total. The van der Waals surface area contributed by atoms with Gasteiger partial charge in [0.15, 0.2) is 5.96 Å². The Balaban J connectivity index is 1.89. The highest BCUT2D eigenvalue weighted by Crippen LogP contribution is 2.16. The van der Waals surface area contributed by atoms with E-state index in [4.69, 9.17) is 17.2 Å². The highest BCUT2D eigenvalue weighted by molar-refractivity contribution is 5.94. The predicted octanol–water partition coefficient (Wildman–Crippen LogP) is 1.48. The average molecular weight is 324 g/mol. The number of hydrogen-bond donors (Lipinski definition) is 4. The second kappa shape index (κ2) is 8.33. The van der Waals surface area contributed by atoms with Gasteiger partial charge in [-0.1, -0.05) is 30.3 Å². The number of aliphatic imine (C=N–C) groups is 2. The Bertz CT molecular complexity index is 733. The minimum atomic E-state index is -0.154. The van der Waals surface area contributed by atoms with E-state index in [1.807, 2.05) is 30.3 Å². The van der Waals surface area contributed by atoms with Gasteiger partial charge >= 0.3 is 0 Å². The van der Waals surface area contributed by atoms with Gasteiger partial charge in [-0.05, 0) is 36.2 Å². The van der Waals surface area contributed by atoms with Crippen LogP contribution in [0, 0.1) is 0 Å². The number of benzene rings is 2. The van der Waals surface area contributed by atoms with Gasteiger partial charge < -0.3 is 22.5 Å². The van der Waals surface area contributed by atoms with E-state index < -0.39 is 0 Å². The van der Waals surface area contributed by atoms with E-state index in [-0.39, 0.29) is 17.8 Å². The number of aryl methyl sites for hydroxylation is 1. The van der Waals surface area contributed by atoms with Gasteiger partial charge in [0, 0.05) is 12.1 Å². The smallest absolute Gasteiger partial charge is 0.224 e. The lowest BCUT2D eigenvalue weighted by molar-refractivity contribution is -0.116. The van der Waals surface area contributed by atoms with Gasteiger partial charge in [0.25, 0.3) is 0 Å². The maximum absolute atomic E-state index is 12.0. The Morgan fingerprint density at radius 1 is 0.958 bits per heavy atom. The minimum absolute atomic E-state index is 0.0327.